The van der Waals surface area contributed by atoms with Crippen molar-refractivity contribution in [3.05, 3.63) is 34.1 Å². The molecule has 0 radical (unpaired) electrons. The van der Waals surface area contributed by atoms with E-state index in [1.807, 2.05) is 0 Å². The van der Waals surface area contributed by atoms with Crippen molar-refractivity contribution in [1.82, 2.24) is 4.90 Å². The van der Waals surface area contributed by atoms with Crippen molar-refractivity contribution in [2.45, 2.75) is 26.3 Å². The van der Waals surface area contributed by atoms with E-state index in [1.54, 1.807) is 19.1 Å². The Hall–Kier alpha value is -0.940. The molecule has 0 atom stereocenters. The first-order valence-corrected chi connectivity index (χ1v) is 7.10. The Labute approximate surface area is 120 Å². The van der Waals surface area contributed by atoms with Crippen LogP contribution in [0.2, 0.25) is 0 Å². The van der Waals surface area contributed by atoms with Gasteiger partial charge in [-0.25, -0.2) is 4.39 Å². The molecule has 1 aliphatic heterocycles. The van der Waals surface area contributed by atoms with Crippen LogP contribution in [0.25, 0.3) is 0 Å². The third-order valence-corrected chi connectivity index (χ3v) is 4.37. The lowest BCUT2D eigenvalue weighted by atomic mass is 9.80. The maximum absolute atomic E-state index is 13.7. The summed E-state index contributed by atoms with van der Waals surface area (Å²) in [6.07, 6.45) is 1.22. The van der Waals surface area contributed by atoms with Crippen LogP contribution in [-0.2, 0) is 11.3 Å². The molecule has 1 saturated heterocycles. The second kappa shape index (κ2) is 5.59. The lowest BCUT2D eigenvalue weighted by Gasteiger charge is -2.36. The Bertz CT molecular complexity index is 484. The average Bonchev–Trinajstić information content (AvgIpc) is 2.36. The molecule has 1 aromatic rings. The van der Waals surface area contributed by atoms with E-state index in [1.165, 1.54) is 6.07 Å². The van der Waals surface area contributed by atoms with Gasteiger partial charge in [0.05, 0.1) is 5.41 Å². The maximum atomic E-state index is 13.7. The predicted molar refractivity (Wildman–Crippen MR) is 74.4 cm³/mol. The molecular weight excluding hydrogens is 313 g/mol. The highest BCUT2D eigenvalue weighted by Gasteiger charge is 2.36. The molecule has 0 aliphatic carbocycles. The van der Waals surface area contributed by atoms with Gasteiger partial charge in [0, 0.05) is 16.6 Å². The van der Waals surface area contributed by atoms with E-state index in [-0.39, 0.29) is 5.82 Å². The van der Waals surface area contributed by atoms with E-state index in [0.717, 1.165) is 4.47 Å². The second-order valence-corrected chi connectivity index (χ2v) is 6.29. The summed E-state index contributed by atoms with van der Waals surface area (Å²) in [5, 5.41) is 9.17. The summed E-state index contributed by atoms with van der Waals surface area (Å²) >= 11 is 3.34. The minimum atomic E-state index is -0.735. The van der Waals surface area contributed by atoms with Gasteiger partial charge in [-0.1, -0.05) is 15.9 Å². The van der Waals surface area contributed by atoms with Gasteiger partial charge in [0.2, 0.25) is 0 Å². The van der Waals surface area contributed by atoms with E-state index in [9.17, 15) is 9.18 Å². The van der Waals surface area contributed by atoms with Crippen LogP contribution in [0.4, 0.5) is 4.39 Å². The van der Waals surface area contributed by atoms with Crippen LogP contribution in [0.1, 0.15) is 25.3 Å². The lowest BCUT2D eigenvalue weighted by Crippen LogP contribution is -2.42. The van der Waals surface area contributed by atoms with Crippen molar-refractivity contribution in [3.8, 4) is 0 Å². The Balaban J connectivity index is 1.99. The zero-order chi connectivity index (χ0) is 14.0. The molecule has 0 saturated carbocycles. The van der Waals surface area contributed by atoms with Crippen LogP contribution in [0.15, 0.2) is 22.7 Å². The molecule has 1 fully saturated rings. The summed E-state index contributed by atoms with van der Waals surface area (Å²) in [6.45, 7) is 3.69. The number of rotatable bonds is 3. The quantitative estimate of drug-likeness (QED) is 0.925. The number of hydrogen-bond acceptors (Lipinski definition) is 2. The summed E-state index contributed by atoms with van der Waals surface area (Å²) in [5.41, 5.74) is 0.0140. The molecule has 0 unspecified atom stereocenters. The van der Waals surface area contributed by atoms with Crippen molar-refractivity contribution in [3.63, 3.8) is 0 Å². The summed E-state index contributed by atoms with van der Waals surface area (Å²) in [5.74, 6) is -0.949. The van der Waals surface area contributed by atoms with E-state index < -0.39 is 11.4 Å². The predicted octanol–water partition coefficient (Wildman–Crippen LogP) is 3.27. The molecule has 1 aromatic carbocycles. The molecule has 0 spiro atoms. The molecular formula is C14H17BrFNO2. The Morgan fingerprint density at radius 1 is 1.47 bits per heavy atom. The molecule has 0 bridgehead atoms. The first kappa shape index (κ1) is 14.5. The van der Waals surface area contributed by atoms with Crippen LogP contribution < -0.4 is 0 Å². The Morgan fingerprint density at radius 3 is 2.68 bits per heavy atom. The molecule has 19 heavy (non-hydrogen) atoms. The van der Waals surface area contributed by atoms with Gasteiger partial charge in [0.15, 0.2) is 0 Å². The topological polar surface area (TPSA) is 40.5 Å². The number of carboxylic acids is 1. The number of halogens is 2. The van der Waals surface area contributed by atoms with Gasteiger partial charge < -0.3 is 5.11 Å². The van der Waals surface area contributed by atoms with Crippen molar-refractivity contribution in [1.29, 1.82) is 0 Å². The standard InChI is InChI=1S/C14H17BrFNO2/c1-14(13(18)19)4-6-17(7-5-14)9-10-8-11(15)2-3-12(10)16/h2-3,8H,4-7,9H2,1H3,(H,18,19). The van der Waals surface area contributed by atoms with Crippen molar-refractivity contribution >= 4 is 21.9 Å². The summed E-state index contributed by atoms with van der Waals surface area (Å²) in [4.78, 5) is 13.3. The molecule has 104 valence electrons. The molecule has 2 rings (SSSR count). The third kappa shape index (κ3) is 3.34. The first-order valence-electron chi connectivity index (χ1n) is 6.30. The van der Waals surface area contributed by atoms with E-state index in [2.05, 4.69) is 20.8 Å². The first-order chi connectivity index (χ1) is 8.90. The third-order valence-electron chi connectivity index (χ3n) is 3.88. The number of hydrogen-bond donors (Lipinski definition) is 1. The highest BCUT2D eigenvalue weighted by Crippen LogP contribution is 2.31. The second-order valence-electron chi connectivity index (χ2n) is 5.38. The number of benzene rings is 1. The fourth-order valence-corrected chi connectivity index (χ4v) is 2.73. The number of carboxylic acid groups (broad SMARTS) is 1. The minimum Gasteiger partial charge on any atom is -0.481 e. The number of likely N-dealkylation sites (tertiary alicyclic amines) is 1. The van der Waals surface area contributed by atoms with Gasteiger partial charge in [0.1, 0.15) is 5.82 Å². The van der Waals surface area contributed by atoms with Crippen molar-refractivity contribution < 1.29 is 14.3 Å². The van der Waals surface area contributed by atoms with Crippen LogP contribution in [-0.4, -0.2) is 29.1 Å². The van der Waals surface area contributed by atoms with Gasteiger partial charge in [-0.3, -0.25) is 9.69 Å². The van der Waals surface area contributed by atoms with Crippen LogP contribution in [0, 0.1) is 11.2 Å². The highest BCUT2D eigenvalue weighted by molar-refractivity contribution is 9.10. The number of carbonyl (C=O) groups is 1. The molecule has 3 nitrogen and oxygen atoms in total. The molecule has 1 heterocycles. The summed E-state index contributed by atoms with van der Waals surface area (Å²) in [7, 11) is 0. The Morgan fingerprint density at radius 2 is 2.11 bits per heavy atom. The molecule has 0 aromatic heterocycles. The van der Waals surface area contributed by atoms with Crippen molar-refractivity contribution in [2.24, 2.45) is 5.41 Å². The summed E-state index contributed by atoms with van der Waals surface area (Å²) in [6, 6.07) is 4.90. The number of nitrogens with zero attached hydrogens (tertiary/aromatic N) is 1. The fourth-order valence-electron chi connectivity index (χ4n) is 2.32. The maximum Gasteiger partial charge on any atom is 0.309 e. The van der Waals surface area contributed by atoms with E-state index >= 15 is 0 Å². The van der Waals surface area contributed by atoms with Gasteiger partial charge in [0.25, 0.3) is 0 Å². The van der Waals surface area contributed by atoms with Gasteiger partial charge in [-0.05, 0) is 51.1 Å². The van der Waals surface area contributed by atoms with Gasteiger partial charge in [-0.15, -0.1) is 0 Å². The van der Waals surface area contributed by atoms with Gasteiger partial charge in [-0.2, -0.15) is 0 Å². The zero-order valence-corrected chi connectivity index (χ0v) is 12.4. The Kier molecular flexibility index (Phi) is 4.26. The number of piperidine rings is 1. The van der Waals surface area contributed by atoms with Crippen LogP contribution >= 0.6 is 15.9 Å². The zero-order valence-electron chi connectivity index (χ0n) is 10.8. The molecule has 0 amide bonds. The smallest absolute Gasteiger partial charge is 0.309 e. The van der Waals surface area contributed by atoms with Crippen LogP contribution in [0.3, 0.4) is 0 Å². The van der Waals surface area contributed by atoms with Gasteiger partial charge >= 0.3 is 5.97 Å². The normalized spacial score (nSPS) is 19.3. The fraction of sp³-hybridized carbons (Fsp3) is 0.500. The van der Waals surface area contributed by atoms with Crippen molar-refractivity contribution in [2.75, 3.05) is 13.1 Å². The SMILES string of the molecule is CC1(C(=O)O)CCN(Cc2cc(Br)ccc2F)CC1. The monoisotopic (exact) mass is 329 g/mol. The average molecular weight is 330 g/mol. The number of aliphatic carboxylic acids is 1. The summed E-state index contributed by atoms with van der Waals surface area (Å²) < 4.78 is 14.5. The largest absolute Gasteiger partial charge is 0.481 e. The van der Waals surface area contributed by atoms with E-state index in [4.69, 9.17) is 5.11 Å². The lowest BCUT2D eigenvalue weighted by molar-refractivity contribution is -0.150. The molecule has 1 aliphatic rings. The molecule has 5 heteroatoms. The minimum absolute atomic E-state index is 0.213. The van der Waals surface area contributed by atoms with Crippen LogP contribution in [0.5, 0.6) is 0 Å². The van der Waals surface area contributed by atoms with E-state index in [0.29, 0.717) is 38.0 Å². The highest BCUT2D eigenvalue weighted by atomic mass is 79.9. The molecule has 1 N–H and O–H groups in total.